The number of anilines is 1. The third-order valence-electron chi connectivity index (χ3n) is 4.37. The van der Waals surface area contributed by atoms with Gasteiger partial charge in [-0.25, -0.2) is 9.50 Å². The molecule has 4 aromatic heterocycles. The lowest BCUT2D eigenvalue weighted by Crippen LogP contribution is -2.43. The Kier molecular flexibility index (Phi) is 3.95. The van der Waals surface area contributed by atoms with Crippen molar-refractivity contribution in [3.05, 3.63) is 42.5 Å². The van der Waals surface area contributed by atoms with Gasteiger partial charge in [-0.05, 0) is 24.6 Å². The summed E-state index contributed by atoms with van der Waals surface area (Å²) in [6.45, 7) is 0.882. The van der Waals surface area contributed by atoms with Crippen LogP contribution < -0.4 is 11.1 Å². The second-order valence-corrected chi connectivity index (χ2v) is 6.23. The minimum absolute atomic E-state index is 0.0401. The number of halogens is 3. The third kappa shape index (κ3) is 3.00. The summed E-state index contributed by atoms with van der Waals surface area (Å²) in [5.74, 6) is -0.725. The zero-order chi connectivity index (χ0) is 20.1. The number of amides is 1. The van der Waals surface area contributed by atoms with E-state index in [2.05, 4.69) is 20.1 Å². The number of fused-ring (bicyclic) bond motifs is 2. The van der Waals surface area contributed by atoms with Crippen molar-refractivity contribution in [2.45, 2.75) is 19.1 Å². The Balaban J connectivity index is 1.75. The summed E-state index contributed by atoms with van der Waals surface area (Å²) in [5.41, 5.74) is 8.01. The fraction of sp³-hybridized carbons (Fsp3) is 0.176. The highest BCUT2D eigenvalue weighted by Gasteiger charge is 2.37. The number of pyridine rings is 1. The van der Waals surface area contributed by atoms with Gasteiger partial charge in [0.25, 0.3) is 5.91 Å². The van der Waals surface area contributed by atoms with E-state index in [0.717, 1.165) is 17.9 Å². The lowest BCUT2D eigenvalue weighted by atomic mass is 10.1. The largest absolute Gasteiger partial charge is 0.408 e. The van der Waals surface area contributed by atoms with Crippen LogP contribution in [0.2, 0.25) is 0 Å². The van der Waals surface area contributed by atoms with Crippen LogP contribution in [0.5, 0.6) is 0 Å². The lowest BCUT2D eigenvalue weighted by Gasteiger charge is -2.16. The Morgan fingerprint density at radius 3 is 2.89 bits per heavy atom. The average molecular weight is 389 g/mol. The van der Waals surface area contributed by atoms with Crippen LogP contribution in [0.25, 0.3) is 27.7 Å². The molecule has 11 heteroatoms. The summed E-state index contributed by atoms with van der Waals surface area (Å²) >= 11 is 0. The van der Waals surface area contributed by atoms with Crippen LogP contribution in [0.15, 0.2) is 36.9 Å². The van der Waals surface area contributed by atoms with Crippen molar-refractivity contribution in [2.75, 3.05) is 5.73 Å². The quantitative estimate of drug-likeness (QED) is 0.498. The van der Waals surface area contributed by atoms with E-state index in [1.165, 1.54) is 10.7 Å². The number of aromatic nitrogens is 5. The van der Waals surface area contributed by atoms with Gasteiger partial charge in [0.2, 0.25) is 5.95 Å². The van der Waals surface area contributed by atoms with Gasteiger partial charge < -0.3 is 16.0 Å². The molecule has 8 nitrogen and oxygen atoms in total. The van der Waals surface area contributed by atoms with Crippen molar-refractivity contribution >= 4 is 28.4 Å². The molecule has 1 atom stereocenters. The van der Waals surface area contributed by atoms with E-state index in [1.54, 1.807) is 30.7 Å². The van der Waals surface area contributed by atoms with Gasteiger partial charge in [0, 0.05) is 29.5 Å². The fourth-order valence-corrected chi connectivity index (χ4v) is 2.84. The second-order valence-electron chi connectivity index (χ2n) is 6.23. The summed E-state index contributed by atoms with van der Waals surface area (Å²) in [6, 6.07) is 1.45. The summed E-state index contributed by atoms with van der Waals surface area (Å²) in [4.78, 5) is 23.4. The van der Waals surface area contributed by atoms with Crippen LogP contribution in [-0.4, -0.2) is 42.7 Å². The maximum atomic E-state index is 12.7. The van der Waals surface area contributed by atoms with E-state index in [4.69, 9.17) is 5.73 Å². The molecule has 1 amide bonds. The first-order valence-corrected chi connectivity index (χ1v) is 8.19. The number of H-pyrrole nitrogens is 1. The topological polar surface area (TPSA) is 114 Å². The first-order chi connectivity index (χ1) is 13.2. The second kappa shape index (κ2) is 6.22. The van der Waals surface area contributed by atoms with E-state index in [0.29, 0.717) is 16.7 Å². The van der Waals surface area contributed by atoms with Crippen molar-refractivity contribution in [1.29, 1.82) is 0 Å². The zero-order valence-corrected chi connectivity index (χ0v) is 14.4. The number of nitrogens with two attached hydrogens (primary N) is 1. The van der Waals surface area contributed by atoms with Gasteiger partial charge >= 0.3 is 6.18 Å². The third-order valence-corrected chi connectivity index (χ3v) is 4.37. The standard InChI is InChI=1S/C17H14F3N7O/c1-8(17(18,19)20)25-15(28)12-7-24-27-3-2-9(4-13(12)27)10-5-22-14-11(10)6-23-16(21)26-14/h2-8H,1H3,(H,25,28)(H3,21,22,23,26). The van der Waals surface area contributed by atoms with Gasteiger partial charge in [-0.15, -0.1) is 0 Å². The monoisotopic (exact) mass is 389 g/mol. The first kappa shape index (κ1) is 17.8. The molecule has 0 spiro atoms. The van der Waals surface area contributed by atoms with E-state index in [1.807, 2.05) is 5.32 Å². The van der Waals surface area contributed by atoms with E-state index < -0.39 is 18.1 Å². The normalized spacial score (nSPS) is 13.1. The smallest absolute Gasteiger partial charge is 0.368 e. The molecule has 28 heavy (non-hydrogen) atoms. The number of nitrogens with one attached hydrogen (secondary N) is 2. The fourth-order valence-electron chi connectivity index (χ4n) is 2.84. The maximum absolute atomic E-state index is 12.7. The first-order valence-electron chi connectivity index (χ1n) is 8.19. The molecule has 4 N–H and O–H groups in total. The summed E-state index contributed by atoms with van der Waals surface area (Å²) in [6.07, 6.45) is 1.60. The molecule has 4 heterocycles. The van der Waals surface area contributed by atoms with Crippen LogP contribution in [-0.2, 0) is 0 Å². The molecule has 144 valence electrons. The number of hydrogen-bond donors (Lipinski definition) is 3. The van der Waals surface area contributed by atoms with Gasteiger partial charge in [0.05, 0.1) is 17.3 Å². The molecule has 0 bridgehead atoms. The highest BCUT2D eigenvalue weighted by Crippen LogP contribution is 2.29. The molecular formula is C17H14F3N7O. The molecule has 4 rings (SSSR count). The number of hydrogen-bond acceptors (Lipinski definition) is 5. The van der Waals surface area contributed by atoms with E-state index in [-0.39, 0.29) is 11.5 Å². The van der Waals surface area contributed by atoms with Crippen LogP contribution >= 0.6 is 0 Å². The maximum Gasteiger partial charge on any atom is 0.408 e. The van der Waals surface area contributed by atoms with Gasteiger partial charge in [0.15, 0.2) is 0 Å². The minimum atomic E-state index is -4.53. The number of aromatic amines is 1. The van der Waals surface area contributed by atoms with Gasteiger partial charge in [-0.2, -0.15) is 23.3 Å². The number of nitrogen functional groups attached to an aromatic ring is 1. The van der Waals surface area contributed by atoms with Gasteiger partial charge in [0.1, 0.15) is 11.7 Å². The number of alkyl halides is 3. The van der Waals surface area contributed by atoms with Crippen molar-refractivity contribution in [2.24, 2.45) is 0 Å². The Morgan fingerprint density at radius 1 is 1.36 bits per heavy atom. The molecule has 0 aromatic carbocycles. The molecule has 0 saturated carbocycles. The molecule has 0 saturated heterocycles. The Labute approximate surface area is 155 Å². The highest BCUT2D eigenvalue weighted by atomic mass is 19.4. The van der Waals surface area contributed by atoms with E-state index >= 15 is 0 Å². The number of nitrogens with zero attached hydrogens (tertiary/aromatic N) is 4. The minimum Gasteiger partial charge on any atom is -0.368 e. The van der Waals surface area contributed by atoms with Crippen molar-refractivity contribution in [3.63, 3.8) is 0 Å². The number of carbonyl (C=O) groups excluding carboxylic acids is 1. The summed E-state index contributed by atoms with van der Waals surface area (Å²) < 4.78 is 39.6. The predicted molar refractivity (Wildman–Crippen MR) is 95.5 cm³/mol. The summed E-state index contributed by atoms with van der Waals surface area (Å²) in [7, 11) is 0. The number of carbonyl (C=O) groups is 1. The Hall–Kier alpha value is -3.63. The molecule has 0 aliphatic heterocycles. The Morgan fingerprint density at radius 2 is 2.14 bits per heavy atom. The molecule has 0 radical (unpaired) electrons. The van der Waals surface area contributed by atoms with Crippen LogP contribution in [0.3, 0.4) is 0 Å². The Bertz CT molecular complexity index is 1190. The van der Waals surface area contributed by atoms with Crippen molar-refractivity contribution in [3.8, 4) is 11.1 Å². The molecule has 4 aromatic rings. The van der Waals surface area contributed by atoms with Crippen LogP contribution in [0.1, 0.15) is 17.3 Å². The van der Waals surface area contributed by atoms with E-state index in [9.17, 15) is 18.0 Å². The van der Waals surface area contributed by atoms with Gasteiger partial charge in [-0.1, -0.05) is 0 Å². The highest BCUT2D eigenvalue weighted by molar-refractivity contribution is 6.02. The SMILES string of the molecule is CC(NC(=O)c1cnn2ccc(-c3c[nH]c4nc(N)ncc34)cc12)C(F)(F)F. The average Bonchev–Trinajstić information content (AvgIpc) is 3.23. The molecule has 0 fully saturated rings. The van der Waals surface area contributed by atoms with Crippen LogP contribution in [0, 0.1) is 0 Å². The molecule has 0 aliphatic rings. The lowest BCUT2D eigenvalue weighted by molar-refractivity contribution is -0.149. The molecule has 1 unspecified atom stereocenters. The van der Waals surface area contributed by atoms with Gasteiger partial charge in [-0.3, -0.25) is 4.79 Å². The van der Waals surface area contributed by atoms with Crippen molar-refractivity contribution < 1.29 is 18.0 Å². The van der Waals surface area contributed by atoms with Crippen molar-refractivity contribution in [1.82, 2.24) is 29.9 Å². The predicted octanol–water partition coefficient (Wildman–Crippen LogP) is 2.54. The van der Waals surface area contributed by atoms with Crippen LogP contribution in [0.4, 0.5) is 19.1 Å². The molecular weight excluding hydrogens is 375 g/mol. The number of rotatable bonds is 3. The summed E-state index contributed by atoms with van der Waals surface area (Å²) in [5, 5.41) is 6.70. The molecule has 0 aliphatic carbocycles. The zero-order valence-electron chi connectivity index (χ0n) is 14.4.